The first-order valence-electron chi connectivity index (χ1n) is 8.92. The number of anilines is 1. The molecule has 7 nitrogen and oxygen atoms in total. The molecule has 3 saturated heterocycles. The summed E-state index contributed by atoms with van der Waals surface area (Å²) in [5.41, 5.74) is 7.29. The van der Waals surface area contributed by atoms with E-state index >= 15 is 0 Å². The van der Waals surface area contributed by atoms with Crippen molar-refractivity contribution in [3.63, 3.8) is 0 Å². The van der Waals surface area contributed by atoms with Crippen LogP contribution < -0.4 is 11.1 Å². The fraction of sp³-hybridized carbons (Fsp3) is 0.500. The van der Waals surface area contributed by atoms with Gasteiger partial charge in [-0.25, -0.2) is 0 Å². The Morgan fingerprint density at radius 1 is 1.32 bits per heavy atom. The maximum atomic E-state index is 12.7. The van der Waals surface area contributed by atoms with Crippen LogP contribution in [0.15, 0.2) is 36.5 Å². The summed E-state index contributed by atoms with van der Waals surface area (Å²) in [5.74, 6) is 0.655. The lowest BCUT2D eigenvalue weighted by Gasteiger charge is -2.49. The second kappa shape index (κ2) is 6.93. The summed E-state index contributed by atoms with van der Waals surface area (Å²) >= 11 is 0. The maximum Gasteiger partial charge on any atom is 0.229 e. The molecule has 3 aliphatic rings. The summed E-state index contributed by atoms with van der Waals surface area (Å²) in [6, 6.07) is 10.1. The first kappa shape index (κ1) is 16.2. The highest BCUT2D eigenvalue weighted by Crippen LogP contribution is 2.37. The van der Waals surface area contributed by atoms with Gasteiger partial charge in [-0.15, -0.1) is 5.10 Å². The molecule has 3 aliphatic heterocycles. The van der Waals surface area contributed by atoms with Crippen molar-refractivity contribution in [2.45, 2.75) is 32.0 Å². The molecule has 1 aromatic carbocycles. The molecule has 3 N–H and O–H groups in total. The van der Waals surface area contributed by atoms with Crippen LogP contribution in [0.5, 0.6) is 0 Å². The number of aromatic nitrogens is 3. The van der Waals surface area contributed by atoms with Gasteiger partial charge in [0.25, 0.3) is 0 Å². The molecule has 3 fully saturated rings. The van der Waals surface area contributed by atoms with Gasteiger partial charge in [0.15, 0.2) is 0 Å². The lowest BCUT2D eigenvalue weighted by Crippen LogP contribution is -2.57. The molecule has 7 heteroatoms. The molecule has 0 radical (unpaired) electrons. The number of piperidine rings is 3. The Balaban J connectivity index is 1.38. The number of fused-ring (bicyclic) bond motifs is 3. The first-order valence-corrected chi connectivity index (χ1v) is 8.92. The topological polar surface area (TPSA) is 89.1 Å². The monoisotopic (exact) mass is 340 g/mol. The van der Waals surface area contributed by atoms with Crippen molar-refractivity contribution in [2.75, 3.05) is 18.4 Å². The van der Waals surface area contributed by atoms with E-state index in [0.29, 0.717) is 18.5 Å². The number of nitrogens with one attached hydrogen (secondary N) is 1. The zero-order valence-corrected chi connectivity index (χ0v) is 14.2. The summed E-state index contributed by atoms with van der Waals surface area (Å²) in [6.45, 7) is 3.12. The van der Waals surface area contributed by atoms with Gasteiger partial charge in [0.05, 0.1) is 18.2 Å². The molecule has 4 heterocycles. The van der Waals surface area contributed by atoms with Gasteiger partial charge in [-0.05, 0) is 37.4 Å². The zero-order chi connectivity index (χ0) is 17.2. The van der Waals surface area contributed by atoms with Crippen LogP contribution in [-0.2, 0) is 17.9 Å². The van der Waals surface area contributed by atoms with Crippen molar-refractivity contribution in [2.24, 2.45) is 17.6 Å². The Bertz CT molecular complexity index is 730. The van der Waals surface area contributed by atoms with Crippen LogP contribution in [0.3, 0.4) is 0 Å². The Kier molecular flexibility index (Phi) is 4.50. The summed E-state index contributed by atoms with van der Waals surface area (Å²) < 4.78 is 1.88. The van der Waals surface area contributed by atoms with Gasteiger partial charge in [0.2, 0.25) is 5.91 Å². The van der Waals surface area contributed by atoms with Gasteiger partial charge in [0, 0.05) is 31.0 Å². The molecule has 0 saturated carbocycles. The molecule has 2 bridgehead atoms. The van der Waals surface area contributed by atoms with Gasteiger partial charge in [-0.2, -0.15) is 0 Å². The van der Waals surface area contributed by atoms with E-state index in [1.165, 1.54) is 0 Å². The molecule has 0 spiro atoms. The predicted octanol–water partition coefficient (Wildman–Crippen LogP) is 1.09. The van der Waals surface area contributed by atoms with Crippen LogP contribution in [0.1, 0.15) is 18.5 Å². The second-order valence-electron chi connectivity index (χ2n) is 7.03. The van der Waals surface area contributed by atoms with Gasteiger partial charge < -0.3 is 11.1 Å². The Morgan fingerprint density at radius 3 is 2.84 bits per heavy atom. The number of nitrogens with two attached hydrogens (primary N) is 1. The number of carbonyl (C=O) groups excluding carboxylic acids is 1. The summed E-state index contributed by atoms with van der Waals surface area (Å²) in [5, 5.41) is 11.3. The number of amides is 1. The molecule has 1 unspecified atom stereocenters. The van der Waals surface area contributed by atoms with Crippen LogP contribution >= 0.6 is 0 Å². The second-order valence-corrected chi connectivity index (χ2v) is 7.03. The highest BCUT2D eigenvalue weighted by molar-refractivity contribution is 5.93. The smallest absolute Gasteiger partial charge is 0.229 e. The average Bonchev–Trinajstić information content (AvgIpc) is 3.10. The Labute approximate surface area is 147 Å². The Morgan fingerprint density at radius 2 is 2.16 bits per heavy atom. The molecule has 0 aliphatic carbocycles. The van der Waals surface area contributed by atoms with Gasteiger partial charge >= 0.3 is 0 Å². The molecular formula is C18H24N6O. The van der Waals surface area contributed by atoms with E-state index in [0.717, 1.165) is 43.9 Å². The summed E-state index contributed by atoms with van der Waals surface area (Å²) in [6.07, 6.45) is 4.04. The van der Waals surface area contributed by atoms with E-state index in [1.807, 2.05) is 41.2 Å². The van der Waals surface area contributed by atoms with Crippen molar-refractivity contribution in [3.8, 4) is 0 Å². The molecule has 1 amide bonds. The minimum absolute atomic E-state index is 0.0700. The molecular weight excluding hydrogens is 316 g/mol. The molecule has 4 atom stereocenters. The number of carbonyl (C=O) groups is 1. The number of benzene rings is 1. The van der Waals surface area contributed by atoms with Crippen LogP contribution in [0, 0.1) is 11.8 Å². The average molecular weight is 340 g/mol. The Hall–Kier alpha value is -2.25. The summed E-state index contributed by atoms with van der Waals surface area (Å²) in [7, 11) is 0. The number of hydrogen-bond acceptors (Lipinski definition) is 5. The molecule has 1 aromatic heterocycles. The highest BCUT2D eigenvalue weighted by Gasteiger charge is 2.43. The van der Waals surface area contributed by atoms with Crippen LogP contribution in [0.4, 0.5) is 5.69 Å². The van der Waals surface area contributed by atoms with E-state index in [9.17, 15) is 4.79 Å². The van der Waals surface area contributed by atoms with Crippen molar-refractivity contribution >= 4 is 11.6 Å². The minimum Gasteiger partial charge on any atom is -0.326 e. The van der Waals surface area contributed by atoms with Gasteiger partial charge in [0.1, 0.15) is 0 Å². The first-order chi connectivity index (χ1) is 12.2. The maximum absolute atomic E-state index is 12.7. The number of hydrogen-bond donors (Lipinski definition) is 2. The summed E-state index contributed by atoms with van der Waals surface area (Å²) in [4.78, 5) is 15.1. The van der Waals surface area contributed by atoms with E-state index in [1.54, 1.807) is 0 Å². The number of rotatable bonds is 5. The van der Waals surface area contributed by atoms with Crippen molar-refractivity contribution < 1.29 is 4.79 Å². The predicted molar refractivity (Wildman–Crippen MR) is 94.6 cm³/mol. The molecule has 25 heavy (non-hydrogen) atoms. The van der Waals surface area contributed by atoms with E-state index in [2.05, 4.69) is 20.5 Å². The normalized spacial score (nSPS) is 28.0. The van der Waals surface area contributed by atoms with Crippen LogP contribution in [0.2, 0.25) is 0 Å². The zero-order valence-electron chi connectivity index (χ0n) is 14.2. The van der Waals surface area contributed by atoms with Crippen LogP contribution in [0.25, 0.3) is 0 Å². The lowest BCUT2D eigenvalue weighted by atomic mass is 9.75. The minimum atomic E-state index is 0.0700. The van der Waals surface area contributed by atoms with Crippen molar-refractivity contribution in [1.82, 2.24) is 19.9 Å². The van der Waals surface area contributed by atoms with Gasteiger partial charge in [-0.3, -0.25) is 14.4 Å². The van der Waals surface area contributed by atoms with E-state index in [-0.39, 0.29) is 11.8 Å². The number of para-hydroxylation sites is 1. The molecule has 2 aromatic rings. The third-order valence-electron chi connectivity index (χ3n) is 5.45. The number of nitrogens with zero attached hydrogens (tertiary/aromatic N) is 4. The standard InChI is InChI=1S/C18H24N6O/c19-9-15-10-24(22-21-15)11-16-8-13-6-7-23(16)12-17(13)18(25)20-14-4-2-1-3-5-14/h1-5,10,13,16-17H,6-9,11-12,19H2,(H,20,25)/t13-,16+,17-/m0/s1. The third kappa shape index (κ3) is 3.43. The molecule has 132 valence electrons. The quantitative estimate of drug-likeness (QED) is 0.850. The fourth-order valence-electron chi connectivity index (χ4n) is 4.12. The fourth-order valence-corrected chi connectivity index (χ4v) is 4.12. The van der Waals surface area contributed by atoms with E-state index in [4.69, 9.17) is 5.73 Å². The highest BCUT2D eigenvalue weighted by atomic mass is 16.2. The van der Waals surface area contributed by atoms with E-state index < -0.39 is 0 Å². The molecule has 5 rings (SSSR count). The van der Waals surface area contributed by atoms with Crippen molar-refractivity contribution in [3.05, 3.63) is 42.2 Å². The van der Waals surface area contributed by atoms with Crippen LogP contribution in [-0.4, -0.2) is 44.9 Å². The van der Waals surface area contributed by atoms with Gasteiger partial charge in [-0.1, -0.05) is 23.4 Å². The third-order valence-corrected chi connectivity index (χ3v) is 5.45. The SMILES string of the molecule is NCc1cn(C[C@H]2C[C@@H]3CCN2C[C@@H]3C(=O)Nc2ccccc2)nn1. The van der Waals surface area contributed by atoms with Crippen molar-refractivity contribution in [1.29, 1.82) is 0 Å². The lowest BCUT2D eigenvalue weighted by molar-refractivity contribution is -0.127. The largest absolute Gasteiger partial charge is 0.326 e.